The highest BCUT2D eigenvalue weighted by molar-refractivity contribution is 7.99. The first-order valence-corrected chi connectivity index (χ1v) is 11.1. The number of piperazine rings is 1. The standard InChI is InChI=1S/C19H22N6O2S2/c1-12-13(2)29-16-15(12)17(27)23(3)19(22-16)28-11-14(26)24-7-9-25(10-8-24)18-20-5-4-6-21-18/h4-6H,7-11H2,1-3H3. The zero-order valence-electron chi connectivity index (χ0n) is 16.6. The van der Waals surface area contributed by atoms with Crippen LogP contribution in [0.15, 0.2) is 28.4 Å². The van der Waals surface area contributed by atoms with Crippen molar-refractivity contribution in [3.63, 3.8) is 0 Å². The van der Waals surface area contributed by atoms with Gasteiger partial charge in [-0.3, -0.25) is 14.2 Å². The number of rotatable bonds is 4. The van der Waals surface area contributed by atoms with E-state index < -0.39 is 0 Å². The fourth-order valence-corrected chi connectivity index (χ4v) is 5.26. The smallest absolute Gasteiger partial charge is 0.262 e. The second-order valence-electron chi connectivity index (χ2n) is 6.93. The minimum Gasteiger partial charge on any atom is -0.338 e. The molecule has 8 nitrogen and oxygen atoms in total. The van der Waals surface area contributed by atoms with Gasteiger partial charge in [0.2, 0.25) is 11.9 Å². The van der Waals surface area contributed by atoms with E-state index in [-0.39, 0.29) is 17.2 Å². The molecule has 0 unspecified atom stereocenters. The monoisotopic (exact) mass is 430 g/mol. The van der Waals surface area contributed by atoms with E-state index >= 15 is 0 Å². The molecule has 0 N–H and O–H groups in total. The van der Waals surface area contributed by atoms with Crippen molar-refractivity contribution >= 4 is 45.2 Å². The number of thiophene rings is 1. The molecule has 1 amide bonds. The molecule has 3 aromatic rings. The summed E-state index contributed by atoms with van der Waals surface area (Å²) >= 11 is 2.84. The molecule has 29 heavy (non-hydrogen) atoms. The molecule has 3 aromatic heterocycles. The highest BCUT2D eigenvalue weighted by Crippen LogP contribution is 2.28. The first-order chi connectivity index (χ1) is 14.0. The molecule has 1 aliphatic heterocycles. The van der Waals surface area contributed by atoms with Gasteiger partial charge in [-0.25, -0.2) is 15.0 Å². The minimum absolute atomic E-state index is 0.0523. The van der Waals surface area contributed by atoms with Gasteiger partial charge in [-0.1, -0.05) is 11.8 Å². The molecule has 1 fully saturated rings. The Hall–Kier alpha value is -2.46. The highest BCUT2D eigenvalue weighted by atomic mass is 32.2. The summed E-state index contributed by atoms with van der Waals surface area (Å²) in [6.07, 6.45) is 3.45. The molecule has 1 saturated heterocycles. The van der Waals surface area contributed by atoms with Crippen LogP contribution < -0.4 is 10.5 Å². The zero-order valence-corrected chi connectivity index (χ0v) is 18.2. The van der Waals surface area contributed by atoms with Gasteiger partial charge in [0, 0.05) is 50.5 Å². The molecule has 0 bridgehead atoms. The van der Waals surface area contributed by atoms with Crippen LogP contribution in [0.5, 0.6) is 0 Å². The van der Waals surface area contributed by atoms with Crippen LogP contribution in [0.2, 0.25) is 0 Å². The topological polar surface area (TPSA) is 84.2 Å². The van der Waals surface area contributed by atoms with Gasteiger partial charge in [0.05, 0.1) is 11.1 Å². The van der Waals surface area contributed by atoms with Gasteiger partial charge >= 0.3 is 0 Å². The summed E-state index contributed by atoms with van der Waals surface area (Å²) in [7, 11) is 1.71. The Morgan fingerprint density at radius 1 is 1.17 bits per heavy atom. The van der Waals surface area contributed by atoms with Crippen molar-refractivity contribution in [3.05, 3.63) is 39.3 Å². The van der Waals surface area contributed by atoms with Crippen molar-refractivity contribution in [2.75, 3.05) is 36.8 Å². The molecular formula is C19H22N6O2S2. The number of aromatic nitrogens is 4. The quantitative estimate of drug-likeness (QED) is 0.461. The summed E-state index contributed by atoms with van der Waals surface area (Å²) in [5.41, 5.74) is 0.939. The number of aryl methyl sites for hydroxylation is 2. The molecule has 4 rings (SSSR count). The normalized spacial score (nSPS) is 14.6. The van der Waals surface area contributed by atoms with Gasteiger partial charge in [0.1, 0.15) is 4.83 Å². The maximum Gasteiger partial charge on any atom is 0.262 e. The van der Waals surface area contributed by atoms with Gasteiger partial charge in [0.25, 0.3) is 5.56 Å². The van der Waals surface area contributed by atoms with E-state index in [9.17, 15) is 9.59 Å². The number of anilines is 1. The summed E-state index contributed by atoms with van der Waals surface area (Å²) < 4.78 is 1.55. The Kier molecular flexibility index (Phi) is 5.55. The summed E-state index contributed by atoms with van der Waals surface area (Å²) in [5, 5.41) is 1.26. The number of hydrogen-bond acceptors (Lipinski definition) is 8. The molecule has 0 saturated carbocycles. The van der Waals surface area contributed by atoms with E-state index in [0.717, 1.165) is 15.3 Å². The van der Waals surface area contributed by atoms with Crippen molar-refractivity contribution in [2.45, 2.75) is 19.0 Å². The van der Waals surface area contributed by atoms with Crippen molar-refractivity contribution in [1.29, 1.82) is 0 Å². The summed E-state index contributed by atoms with van der Waals surface area (Å²) in [6.45, 7) is 6.62. The van der Waals surface area contributed by atoms with Gasteiger partial charge < -0.3 is 9.80 Å². The van der Waals surface area contributed by atoms with E-state index in [0.29, 0.717) is 42.7 Å². The fraction of sp³-hybridized carbons (Fsp3) is 0.421. The third-order valence-corrected chi connectivity index (χ3v) is 7.28. The van der Waals surface area contributed by atoms with E-state index in [1.165, 1.54) is 23.1 Å². The van der Waals surface area contributed by atoms with Crippen LogP contribution in [0.4, 0.5) is 5.95 Å². The Labute approximate surface area is 176 Å². The molecule has 1 aliphatic rings. The number of carbonyl (C=O) groups is 1. The molecule has 0 spiro atoms. The molecule has 4 heterocycles. The van der Waals surface area contributed by atoms with E-state index in [4.69, 9.17) is 0 Å². The van der Waals surface area contributed by atoms with E-state index in [2.05, 4.69) is 19.9 Å². The number of carbonyl (C=O) groups excluding carboxylic acids is 1. The van der Waals surface area contributed by atoms with Crippen LogP contribution in [0.3, 0.4) is 0 Å². The Morgan fingerprint density at radius 2 is 1.86 bits per heavy atom. The summed E-state index contributed by atoms with van der Waals surface area (Å²) in [4.78, 5) is 44.3. The molecule has 10 heteroatoms. The van der Waals surface area contributed by atoms with E-state index in [1.807, 2.05) is 18.7 Å². The third-order valence-electron chi connectivity index (χ3n) is 5.16. The van der Waals surface area contributed by atoms with Crippen LogP contribution >= 0.6 is 23.1 Å². The molecule has 0 radical (unpaired) electrons. The lowest BCUT2D eigenvalue weighted by molar-refractivity contribution is -0.128. The maximum absolute atomic E-state index is 12.7. The van der Waals surface area contributed by atoms with Crippen LogP contribution in [-0.2, 0) is 11.8 Å². The first-order valence-electron chi connectivity index (χ1n) is 9.35. The Morgan fingerprint density at radius 3 is 2.55 bits per heavy atom. The Balaban J connectivity index is 1.40. The van der Waals surface area contributed by atoms with Crippen LogP contribution in [0, 0.1) is 13.8 Å². The predicted octanol–water partition coefficient (Wildman–Crippen LogP) is 1.84. The first kappa shape index (κ1) is 19.8. The maximum atomic E-state index is 12.7. The molecule has 152 valence electrons. The molecular weight excluding hydrogens is 408 g/mol. The van der Waals surface area contributed by atoms with Crippen LogP contribution in [0.25, 0.3) is 10.2 Å². The lowest BCUT2D eigenvalue weighted by atomic mass is 10.2. The van der Waals surface area contributed by atoms with Crippen LogP contribution in [-0.4, -0.2) is 62.3 Å². The molecule has 0 aromatic carbocycles. The number of fused-ring (bicyclic) bond motifs is 1. The van der Waals surface area contributed by atoms with Crippen LogP contribution in [0.1, 0.15) is 10.4 Å². The van der Waals surface area contributed by atoms with Gasteiger partial charge in [-0.15, -0.1) is 11.3 Å². The van der Waals surface area contributed by atoms with Gasteiger partial charge in [-0.2, -0.15) is 0 Å². The van der Waals surface area contributed by atoms with Crippen molar-refractivity contribution in [3.8, 4) is 0 Å². The third kappa shape index (κ3) is 3.86. The number of hydrogen-bond donors (Lipinski definition) is 0. The van der Waals surface area contributed by atoms with Crippen molar-refractivity contribution in [2.24, 2.45) is 7.05 Å². The van der Waals surface area contributed by atoms with Crippen molar-refractivity contribution < 1.29 is 4.79 Å². The number of amides is 1. The largest absolute Gasteiger partial charge is 0.338 e. The zero-order chi connectivity index (χ0) is 20.5. The Bertz CT molecular complexity index is 1100. The lowest BCUT2D eigenvalue weighted by Gasteiger charge is -2.34. The second-order valence-corrected chi connectivity index (χ2v) is 9.07. The van der Waals surface area contributed by atoms with E-state index in [1.54, 1.807) is 30.1 Å². The SMILES string of the molecule is Cc1sc2nc(SCC(=O)N3CCN(c4ncccn4)CC3)n(C)c(=O)c2c1C. The average molecular weight is 431 g/mol. The predicted molar refractivity (Wildman–Crippen MR) is 116 cm³/mol. The summed E-state index contributed by atoms with van der Waals surface area (Å²) in [5.74, 6) is 1.01. The van der Waals surface area contributed by atoms with Crippen molar-refractivity contribution in [1.82, 2.24) is 24.4 Å². The van der Waals surface area contributed by atoms with Gasteiger partial charge in [-0.05, 0) is 25.5 Å². The second kappa shape index (κ2) is 8.11. The molecule has 0 aliphatic carbocycles. The molecule has 0 atom stereocenters. The average Bonchev–Trinajstić information content (AvgIpc) is 3.03. The van der Waals surface area contributed by atoms with Gasteiger partial charge in [0.15, 0.2) is 5.16 Å². The fourth-order valence-electron chi connectivity index (χ4n) is 3.31. The summed E-state index contributed by atoms with van der Waals surface area (Å²) in [6, 6.07) is 1.79. The number of thioether (sulfide) groups is 1. The lowest BCUT2D eigenvalue weighted by Crippen LogP contribution is -2.49. The number of nitrogens with zero attached hydrogens (tertiary/aromatic N) is 6. The minimum atomic E-state index is -0.0525. The highest BCUT2D eigenvalue weighted by Gasteiger charge is 2.23.